The fourth-order valence-corrected chi connectivity index (χ4v) is 5.28. The summed E-state index contributed by atoms with van der Waals surface area (Å²) in [5.41, 5.74) is 0. The number of phosphoric ester groups is 1. The zero-order valence-electron chi connectivity index (χ0n) is 27.6. The number of unbranched alkanes of at least 4 members (excludes halogenated alkanes) is 16. The van der Waals surface area contributed by atoms with Gasteiger partial charge in [0.2, 0.25) is 0 Å². The molecule has 0 rings (SSSR count). The highest BCUT2D eigenvalue weighted by Crippen LogP contribution is 2.43. The molecular weight excluding hydrogens is 587 g/mol. The first-order chi connectivity index (χ1) is 21.3. The molecule has 11 heteroatoms. The molecule has 0 radical (unpaired) electrons. The van der Waals surface area contributed by atoms with Crippen molar-refractivity contribution in [2.24, 2.45) is 0 Å². The molecule has 0 aromatic rings. The van der Waals surface area contributed by atoms with Gasteiger partial charge in [-0.2, -0.15) is 0 Å². The van der Waals surface area contributed by atoms with Crippen LogP contribution in [0.15, 0.2) is 12.2 Å². The van der Waals surface area contributed by atoms with E-state index >= 15 is 0 Å². The summed E-state index contributed by atoms with van der Waals surface area (Å²) in [6, 6.07) is 0. The zero-order valence-corrected chi connectivity index (χ0v) is 28.5. The van der Waals surface area contributed by atoms with E-state index in [1.165, 1.54) is 83.5 Å². The Labute approximate surface area is 266 Å². The normalized spacial score (nSPS) is 14.4. The van der Waals surface area contributed by atoms with Gasteiger partial charge >= 0.3 is 19.8 Å². The maximum absolute atomic E-state index is 12.1. The molecule has 44 heavy (non-hydrogen) atoms. The van der Waals surface area contributed by atoms with E-state index < -0.39 is 58.4 Å². The summed E-state index contributed by atoms with van der Waals surface area (Å²) in [6.45, 7) is 1.89. The SMILES string of the molecule is CCCCCCCC/C=C\CCCCCCCCCCCC(=O)OC(CO)COP(=O)(O)OCC(CO)OC(=O)CCCC. The Morgan fingerprint density at radius 3 is 1.36 bits per heavy atom. The highest BCUT2D eigenvalue weighted by Gasteiger charge is 2.27. The first-order valence-electron chi connectivity index (χ1n) is 17.1. The molecule has 0 aliphatic heterocycles. The lowest BCUT2D eigenvalue weighted by Gasteiger charge is -2.20. The summed E-state index contributed by atoms with van der Waals surface area (Å²) in [6.07, 6.45) is 24.8. The van der Waals surface area contributed by atoms with Crippen molar-refractivity contribution in [1.82, 2.24) is 0 Å². The van der Waals surface area contributed by atoms with E-state index in [1.54, 1.807) is 0 Å². The number of aliphatic hydroxyl groups is 2. The number of phosphoric acid groups is 1. The first kappa shape index (κ1) is 42.7. The standard InChI is InChI=1S/C33H63O10P/c1-3-5-7-8-9-10-11-12-13-14-15-16-17-18-19-20-21-22-23-25-33(37)43-31(27-35)29-41-44(38,39)40-28-30(26-34)42-32(36)24-6-4-2/h12-13,30-31,34-35H,3-11,14-29H2,1-2H3,(H,38,39)/b13-12-. The van der Waals surface area contributed by atoms with Gasteiger partial charge in [-0.15, -0.1) is 0 Å². The second-order valence-corrected chi connectivity index (χ2v) is 13.0. The molecule has 0 aromatic heterocycles. The van der Waals surface area contributed by atoms with Crippen LogP contribution in [0.5, 0.6) is 0 Å². The summed E-state index contributed by atoms with van der Waals surface area (Å²) < 4.78 is 31.9. The van der Waals surface area contributed by atoms with Crippen molar-refractivity contribution >= 4 is 19.8 Å². The Bertz CT molecular complexity index is 761. The van der Waals surface area contributed by atoms with Crippen LogP contribution < -0.4 is 0 Å². The molecule has 260 valence electrons. The Morgan fingerprint density at radius 1 is 0.591 bits per heavy atom. The smallest absolute Gasteiger partial charge is 0.457 e. The van der Waals surface area contributed by atoms with Crippen molar-refractivity contribution in [3.8, 4) is 0 Å². The van der Waals surface area contributed by atoms with Gasteiger partial charge in [-0.1, -0.05) is 109 Å². The summed E-state index contributed by atoms with van der Waals surface area (Å²) in [5.74, 6) is -1.06. The van der Waals surface area contributed by atoms with Gasteiger partial charge in [0.25, 0.3) is 0 Å². The molecule has 10 nitrogen and oxygen atoms in total. The van der Waals surface area contributed by atoms with Gasteiger partial charge < -0.3 is 24.6 Å². The molecule has 0 heterocycles. The topological polar surface area (TPSA) is 149 Å². The minimum Gasteiger partial charge on any atom is -0.457 e. The minimum absolute atomic E-state index is 0.168. The third kappa shape index (κ3) is 28.2. The summed E-state index contributed by atoms with van der Waals surface area (Å²) in [4.78, 5) is 33.6. The third-order valence-corrected chi connectivity index (χ3v) is 8.18. The van der Waals surface area contributed by atoms with Crippen molar-refractivity contribution in [2.75, 3.05) is 26.4 Å². The van der Waals surface area contributed by atoms with Crippen LogP contribution >= 0.6 is 7.82 Å². The summed E-state index contributed by atoms with van der Waals surface area (Å²) in [7, 11) is -4.60. The molecular formula is C33H63O10P. The van der Waals surface area contributed by atoms with Gasteiger partial charge in [-0.3, -0.25) is 18.6 Å². The van der Waals surface area contributed by atoms with Crippen LogP contribution in [0.2, 0.25) is 0 Å². The van der Waals surface area contributed by atoms with E-state index in [0.29, 0.717) is 12.8 Å². The molecule has 3 atom stereocenters. The predicted molar refractivity (Wildman–Crippen MR) is 173 cm³/mol. The second-order valence-electron chi connectivity index (χ2n) is 11.5. The Kier molecular flexibility index (Phi) is 29.5. The second kappa shape index (κ2) is 30.4. The van der Waals surface area contributed by atoms with Gasteiger partial charge in [-0.05, 0) is 38.5 Å². The Balaban J connectivity index is 3.82. The van der Waals surface area contributed by atoms with Crippen LogP contribution in [0.1, 0.15) is 149 Å². The first-order valence-corrected chi connectivity index (χ1v) is 18.6. The van der Waals surface area contributed by atoms with Gasteiger partial charge in [0, 0.05) is 12.8 Å². The quantitative estimate of drug-likeness (QED) is 0.0286. The van der Waals surface area contributed by atoms with Crippen molar-refractivity contribution < 1.29 is 47.8 Å². The van der Waals surface area contributed by atoms with E-state index in [1.807, 2.05) is 6.92 Å². The van der Waals surface area contributed by atoms with Crippen LogP contribution in [0, 0.1) is 0 Å². The molecule has 0 saturated heterocycles. The molecule has 0 amide bonds. The van der Waals surface area contributed by atoms with Gasteiger partial charge in [0.15, 0.2) is 0 Å². The molecule has 0 aromatic carbocycles. The van der Waals surface area contributed by atoms with Crippen LogP contribution in [-0.2, 0) is 32.7 Å². The fraction of sp³-hybridized carbons (Fsp3) is 0.879. The molecule has 0 aliphatic carbocycles. The number of hydrogen-bond donors (Lipinski definition) is 3. The van der Waals surface area contributed by atoms with Crippen LogP contribution in [0.4, 0.5) is 0 Å². The molecule has 0 aliphatic rings. The lowest BCUT2D eigenvalue weighted by molar-refractivity contribution is -0.153. The number of aliphatic hydroxyl groups excluding tert-OH is 2. The number of hydrogen-bond acceptors (Lipinski definition) is 9. The maximum atomic E-state index is 12.1. The van der Waals surface area contributed by atoms with Crippen molar-refractivity contribution in [1.29, 1.82) is 0 Å². The number of allylic oxidation sites excluding steroid dienone is 2. The van der Waals surface area contributed by atoms with Crippen LogP contribution in [0.25, 0.3) is 0 Å². The number of carbonyl (C=O) groups excluding carboxylic acids is 2. The van der Waals surface area contributed by atoms with Crippen LogP contribution in [0.3, 0.4) is 0 Å². The third-order valence-electron chi connectivity index (χ3n) is 7.23. The van der Waals surface area contributed by atoms with Gasteiger partial charge in [-0.25, -0.2) is 4.57 Å². The molecule has 3 unspecified atom stereocenters. The molecule has 0 fully saturated rings. The highest BCUT2D eigenvalue weighted by molar-refractivity contribution is 7.47. The number of rotatable bonds is 32. The van der Waals surface area contributed by atoms with Crippen LogP contribution in [-0.4, -0.2) is 65.7 Å². The average Bonchev–Trinajstić information content (AvgIpc) is 3.01. The van der Waals surface area contributed by atoms with E-state index in [4.69, 9.17) is 18.5 Å². The number of ether oxygens (including phenoxy) is 2. The summed E-state index contributed by atoms with van der Waals surface area (Å²) >= 11 is 0. The van der Waals surface area contributed by atoms with Gasteiger partial charge in [0.1, 0.15) is 12.2 Å². The lowest BCUT2D eigenvalue weighted by Crippen LogP contribution is -2.28. The minimum atomic E-state index is -4.60. The Hall–Kier alpha value is -1.29. The van der Waals surface area contributed by atoms with Gasteiger partial charge in [0.05, 0.1) is 26.4 Å². The molecule has 0 spiro atoms. The molecule has 0 saturated carbocycles. The van der Waals surface area contributed by atoms with E-state index in [9.17, 15) is 29.3 Å². The fourth-order valence-electron chi connectivity index (χ4n) is 4.50. The summed E-state index contributed by atoms with van der Waals surface area (Å²) in [5, 5.41) is 18.8. The number of esters is 2. The lowest BCUT2D eigenvalue weighted by atomic mass is 10.1. The highest BCUT2D eigenvalue weighted by atomic mass is 31.2. The Morgan fingerprint density at radius 2 is 0.955 bits per heavy atom. The monoisotopic (exact) mass is 650 g/mol. The van der Waals surface area contributed by atoms with Crippen molar-refractivity contribution in [3.63, 3.8) is 0 Å². The largest absolute Gasteiger partial charge is 0.472 e. The molecule has 3 N–H and O–H groups in total. The number of carbonyl (C=O) groups is 2. The maximum Gasteiger partial charge on any atom is 0.472 e. The van der Waals surface area contributed by atoms with E-state index in [0.717, 1.165) is 25.7 Å². The molecule has 0 bridgehead atoms. The average molecular weight is 651 g/mol. The van der Waals surface area contributed by atoms with Crippen molar-refractivity contribution in [2.45, 2.75) is 161 Å². The van der Waals surface area contributed by atoms with E-state index in [2.05, 4.69) is 19.1 Å². The zero-order chi connectivity index (χ0) is 32.7. The van der Waals surface area contributed by atoms with E-state index in [-0.39, 0.29) is 12.8 Å². The predicted octanol–water partition coefficient (Wildman–Crippen LogP) is 7.72. The van der Waals surface area contributed by atoms with Crippen molar-refractivity contribution in [3.05, 3.63) is 12.2 Å².